The molecule has 3 fully saturated rings. The van der Waals surface area contributed by atoms with E-state index in [0.717, 1.165) is 51.4 Å². The van der Waals surface area contributed by atoms with E-state index >= 15 is 0 Å². The SMILES string of the molecule is CCCCn1c(N)c(N(C(=O)CN2CCN(C(=O)C3CC3)CC2)C2CCCC2)c(=O)[nH]c1=O. The van der Waals surface area contributed by atoms with Gasteiger partial charge in [0.15, 0.2) is 5.69 Å². The number of carbonyl (C=O) groups excluding carboxylic acids is 2. The molecule has 0 bridgehead atoms. The number of nitrogens with two attached hydrogens (primary N) is 1. The van der Waals surface area contributed by atoms with Gasteiger partial charge in [-0.2, -0.15) is 0 Å². The third-order valence-electron chi connectivity index (χ3n) is 7.12. The van der Waals surface area contributed by atoms with Crippen LogP contribution >= 0.6 is 0 Å². The van der Waals surface area contributed by atoms with Crippen molar-refractivity contribution in [3.8, 4) is 0 Å². The minimum atomic E-state index is -0.606. The molecule has 3 aliphatic rings. The zero-order valence-electron chi connectivity index (χ0n) is 19.6. The van der Waals surface area contributed by atoms with Gasteiger partial charge in [-0.1, -0.05) is 26.2 Å². The van der Waals surface area contributed by atoms with Crippen LogP contribution in [-0.4, -0.2) is 69.9 Å². The minimum absolute atomic E-state index is 0.0669. The van der Waals surface area contributed by atoms with Crippen LogP contribution in [0.4, 0.5) is 11.5 Å². The van der Waals surface area contributed by atoms with Crippen LogP contribution in [0, 0.1) is 5.92 Å². The molecule has 2 aliphatic carbocycles. The molecular weight excluding hydrogens is 424 g/mol. The summed E-state index contributed by atoms with van der Waals surface area (Å²) in [4.78, 5) is 59.0. The summed E-state index contributed by atoms with van der Waals surface area (Å²) in [6.45, 7) is 5.08. The lowest BCUT2D eigenvalue weighted by atomic mass is 10.1. The first kappa shape index (κ1) is 23.5. The number of rotatable bonds is 8. The molecule has 0 spiro atoms. The second-order valence-electron chi connectivity index (χ2n) is 9.58. The first-order valence-corrected chi connectivity index (χ1v) is 12.4. The number of nitrogens with one attached hydrogen (secondary N) is 1. The number of hydrogen-bond acceptors (Lipinski definition) is 6. The normalized spacial score (nSPS) is 19.7. The third kappa shape index (κ3) is 5.15. The van der Waals surface area contributed by atoms with Crippen molar-refractivity contribution in [3.63, 3.8) is 0 Å². The van der Waals surface area contributed by atoms with Crippen molar-refractivity contribution >= 4 is 23.3 Å². The highest BCUT2D eigenvalue weighted by Gasteiger charge is 2.36. The number of hydrogen-bond donors (Lipinski definition) is 2. The Morgan fingerprint density at radius 3 is 2.33 bits per heavy atom. The van der Waals surface area contributed by atoms with Crippen molar-refractivity contribution in [2.45, 2.75) is 70.9 Å². The van der Waals surface area contributed by atoms with Gasteiger partial charge in [0.25, 0.3) is 5.56 Å². The molecule has 1 aliphatic heterocycles. The molecule has 1 saturated heterocycles. The van der Waals surface area contributed by atoms with Crippen LogP contribution in [-0.2, 0) is 16.1 Å². The van der Waals surface area contributed by atoms with Crippen molar-refractivity contribution in [2.24, 2.45) is 5.92 Å². The zero-order chi connectivity index (χ0) is 23.5. The monoisotopic (exact) mass is 460 g/mol. The van der Waals surface area contributed by atoms with E-state index in [0.29, 0.717) is 32.7 Å². The molecule has 2 saturated carbocycles. The Morgan fingerprint density at radius 1 is 1.06 bits per heavy atom. The smallest absolute Gasteiger partial charge is 0.330 e. The van der Waals surface area contributed by atoms with E-state index in [1.54, 1.807) is 4.90 Å². The fraction of sp³-hybridized carbons (Fsp3) is 0.739. The Balaban J connectivity index is 1.53. The van der Waals surface area contributed by atoms with Crippen molar-refractivity contribution in [1.82, 2.24) is 19.4 Å². The number of aromatic nitrogens is 2. The van der Waals surface area contributed by atoms with Gasteiger partial charge in [-0.3, -0.25) is 28.8 Å². The van der Waals surface area contributed by atoms with Crippen molar-refractivity contribution in [3.05, 3.63) is 20.8 Å². The van der Waals surface area contributed by atoms with E-state index in [-0.39, 0.29) is 41.8 Å². The number of aromatic amines is 1. The Kier molecular flexibility index (Phi) is 7.21. The highest BCUT2D eigenvalue weighted by Crippen LogP contribution is 2.32. The van der Waals surface area contributed by atoms with Gasteiger partial charge in [-0.05, 0) is 32.1 Å². The predicted molar refractivity (Wildman–Crippen MR) is 126 cm³/mol. The number of nitrogen functional groups attached to an aromatic ring is 1. The van der Waals surface area contributed by atoms with Crippen molar-refractivity contribution in [2.75, 3.05) is 43.4 Å². The van der Waals surface area contributed by atoms with Crippen molar-refractivity contribution < 1.29 is 9.59 Å². The average Bonchev–Trinajstić information content (AvgIpc) is 3.51. The standard InChI is InChI=1S/C23H36N6O4/c1-2-3-10-28-20(24)19(21(31)25-23(28)33)29(17-6-4-5-7-17)18(30)15-26-11-13-27(14-12-26)22(32)16-8-9-16/h16-17H,2-15,24H2,1H3,(H,25,31,33). The zero-order valence-corrected chi connectivity index (χ0v) is 19.6. The van der Waals surface area contributed by atoms with E-state index in [9.17, 15) is 19.2 Å². The van der Waals surface area contributed by atoms with Gasteiger partial charge in [0, 0.05) is 44.7 Å². The first-order valence-electron chi connectivity index (χ1n) is 12.4. The molecule has 0 radical (unpaired) electrons. The Labute approximate surface area is 193 Å². The average molecular weight is 461 g/mol. The highest BCUT2D eigenvalue weighted by molar-refractivity contribution is 5.97. The Hall–Kier alpha value is -2.62. The number of amides is 2. The number of nitrogens with zero attached hydrogens (tertiary/aromatic N) is 4. The van der Waals surface area contributed by atoms with E-state index in [4.69, 9.17) is 5.73 Å². The molecule has 0 atom stereocenters. The molecule has 2 heterocycles. The second kappa shape index (κ2) is 10.1. The van der Waals surface area contributed by atoms with Gasteiger partial charge in [-0.15, -0.1) is 0 Å². The van der Waals surface area contributed by atoms with Crippen LogP contribution in [0.25, 0.3) is 0 Å². The van der Waals surface area contributed by atoms with Gasteiger partial charge < -0.3 is 15.5 Å². The van der Waals surface area contributed by atoms with Crippen LogP contribution in [0.5, 0.6) is 0 Å². The molecule has 1 aromatic rings. The maximum Gasteiger partial charge on any atom is 0.330 e. The molecule has 4 rings (SSSR count). The van der Waals surface area contributed by atoms with Gasteiger partial charge in [0.1, 0.15) is 5.82 Å². The lowest BCUT2D eigenvalue weighted by molar-refractivity contribution is -0.134. The largest absolute Gasteiger partial charge is 0.383 e. The fourth-order valence-electron chi connectivity index (χ4n) is 5.00. The molecule has 33 heavy (non-hydrogen) atoms. The molecule has 0 aromatic carbocycles. The Morgan fingerprint density at radius 2 is 1.73 bits per heavy atom. The number of piperazine rings is 1. The maximum absolute atomic E-state index is 13.6. The maximum atomic E-state index is 13.6. The topological polar surface area (TPSA) is 125 Å². The summed E-state index contributed by atoms with van der Waals surface area (Å²) in [6, 6.07) is -0.101. The molecule has 1 aromatic heterocycles. The van der Waals surface area contributed by atoms with Crippen LogP contribution in [0.15, 0.2) is 9.59 Å². The summed E-state index contributed by atoms with van der Waals surface area (Å²) in [5.74, 6) is 0.329. The number of H-pyrrole nitrogens is 1. The summed E-state index contributed by atoms with van der Waals surface area (Å²) < 4.78 is 1.37. The number of carbonyl (C=O) groups is 2. The Bertz CT molecular complexity index is 984. The number of anilines is 2. The van der Waals surface area contributed by atoms with E-state index in [1.807, 2.05) is 16.7 Å². The van der Waals surface area contributed by atoms with Gasteiger partial charge in [0.05, 0.1) is 6.54 Å². The summed E-state index contributed by atoms with van der Waals surface area (Å²) in [5.41, 5.74) is 5.30. The van der Waals surface area contributed by atoms with E-state index < -0.39 is 11.2 Å². The molecule has 182 valence electrons. The quantitative estimate of drug-likeness (QED) is 0.590. The van der Waals surface area contributed by atoms with E-state index in [1.165, 1.54) is 4.57 Å². The van der Waals surface area contributed by atoms with Crippen molar-refractivity contribution in [1.29, 1.82) is 0 Å². The van der Waals surface area contributed by atoms with Gasteiger partial charge >= 0.3 is 5.69 Å². The third-order valence-corrected chi connectivity index (χ3v) is 7.12. The summed E-state index contributed by atoms with van der Waals surface area (Å²) >= 11 is 0. The predicted octanol–water partition coefficient (Wildman–Crippen LogP) is 0.749. The molecule has 0 unspecified atom stereocenters. The minimum Gasteiger partial charge on any atom is -0.383 e. The molecule has 10 heteroatoms. The molecule has 3 N–H and O–H groups in total. The van der Waals surface area contributed by atoms with Crippen LogP contribution < -0.4 is 21.9 Å². The first-order chi connectivity index (χ1) is 15.9. The molecular formula is C23H36N6O4. The summed E-state index contributed by atoms with van der Waals surface area (Å²) in [6.07, 6.45) is 7.20. The van der Waals surface area contributed by atoms with Gasteiger partial charge in [0.2, 0.25) is 11.8 Å². The summed E-state index contributed by atoms with van der Waals surface area (Å²) in [7, 11) is 0. The van der Waals surface area contributed by atoms with E-state index in [2.05, 4.69) is 4.98 Å². The second-order valence-corrected chi connectivity index (χ2v) is 9.58. The highest BCUT2D eigenvalue weighted by atomic mass is 16.2. The van der Waals surface area contributed by atoms with Crippen LogP contribution in [0.1, 0.15) is 58.3 Å². The number of unbranched alkanes of at least 4 members (excludes halogenated alkanes) is 1. The lowest BCUT2D eigenvalue weighted by Gasteiger charge is -2.36. The van der Waals surface area contributed by atoms with Crippen LogP contribution in [0.2, 0.25) is 0 Å². The van der Waals surface area contributed by atoms with Gasteiger partial charge in [-0.25, -0.2) is 4.79 Å². The van der Waals surface area contributed by atoms with Crippen LogP contribution in [0.3, 0.4) is 0 Å². The summed E-state index contributed by atoms with van der Waals surface area (Å²) in [5, 5.41) is 0. The fourth-order valence-corrected chi connectivity index (χ4v) is 5.00. The molecule has 2 amide bonds. The lowest BCUT2D eigenvalue weighted by Crippen LogP contribution is -2.54. The molecule has 10 nitrogen and oxygen atoms in total.